The summed E-state index contributed by atoms with van der Waals surface area (Å²) in [5.41, 5.74) is 2.90. The van der Waals surface area contributed by atoms with Crippen LogP contribution in [0.2, 0.25) is 0 Å². The Labute approximate surface area is 120 Å². The monoisotopic (exact) mass is 283 g/mol. The van der Waals surface area contributed by atoms with Gasteiger partial charge in [-0.05, 0) is 29.5 Å². The van der Waals surface area contributed by atoms with Crippen molar-refractivity contribution in [1.29, 1.82) is 0 Å². The van der Waals surface area contributed by atoms with Crippen LogP contribution in [0.1, 0.15) is 22.8 Å². The Hall–Kier alpha value is -2.20. The van der Waals surface area contributed by atoms with Gasteiger partial charge in [-0.25, -0.2) is 9.78 Å². The van der Waals surface area contributed by atoms with Gasteiger partial charge in [0.15, 0.2) is 0 Å². The maximum absolute atomic E-state index is 11.5. The summed E-state index contributed by atoms with van der Waals surface area (Å²) in [6.45, 7) is 2.05. The number of fused-ring (bicyclic) bond motifs is 1. The normalized spacial score (nSPS) is 10.8. The zero-order chi connectivity index (χ0) is 14.1. The van der Waals surface area contributed by atoms with E-state index in [1.165, 1.54) is 0 Å². The van der Waals surface area contributed by atoms with Crippen LogP contribution in [0.3, 0.4) is 0 Å². The van der Waals surface area contributed by atoms with Gasteiger partial charge in [0, 0.05) is 5.39 Å². The second kappa shape index (κ2) is 5.06. The van der Waals surface area contributed by atoms with Crippen molar-refractivity contribution < 1.29 is 9.90 Å². The zero-order valence-corrected chi connectivity index (χ0v) is 11.8. The molecule has 1 N–H and O–H groups in total. The fraction of sp³-hybridized carbons (Fsp3) is 0.125. The summed E-state index contributed by atoms with van der Waals surface area (Å²) >= 11 is 1.56. The molecule has 20 heavy (non-hydrogen) atoms. The molecule has 100 valence electrons. The molecule has 0 atom stereocenters. The molecule has 0 amide bonds. The van der Waals surface area contributed by atoms with Crippen LogP contribution in [0, 0.1) is 0 Å². The van der Waals surface area contributed by atoms with E-state index in [1.807, 2.05) is 35.7 Å². The number of carboxylic acid groups (broad SMARTS) is 1. The van der Waals surface area contributed by atoms with Crippen LogP contribution in [0.5, 0.6) is 0 Å². The highest BCUT2D eigenvalue weighted by atomic mass is 32.1. The number of aromatic nitrogens is 1. The van der Waals surface area contributed by atoms with Crippen LogP contribution in [0.4, 0.5) is 0 Å². The van der Waals surface area contributed by atoms with E-state index in [0.717, 1.165) is 28.1 Å². The third-order valence-corrected chi connectivity index (χ3v) is 4.20. The van der Waals surface area contributed by atoms with E-state index in [0.29, 0.717) is 10.9 Å². The molecular weight excluding hydrogens is 270 g/mol. The summed E-state index contributed by atoms with van der Waals surface area (Å²) in [5, 5.41) is 12.1. The van der Waals surface area contributed by atoms with Gasteiger partial charge in [-0.3, -0.25) is 0 Å². The topological polar surface area (TPSA) is 50.2 Å². The molecule has 0 spiro atoms. The lowest BCUT2D eigenvalue weighted by molar-refractivity contribution is 0.0699. The highest BCUT2D eigenvalue weighted by Crippen LogP contribution is 2.29. The number of para-hydroxylation sites is 1. The van der Waals surface area contributed by atoms with Gasteiger partial charge in [0.25, 0.3) is 0 Å². The summed E-state index contributed by atoms with van der Waals surface area (Å²) in [6, 6.07) is 11.3. The molecule has 0 aliphatic rings. The number of thiophene rings is 1. The zero-order valence-electron chi connectivity index (χ0n) is 11.0. The Morgan fingerprint density at radius 3 is 2.80 bits per heavy atom. The third kappa shape index (κ3) is 2.08. The highest BCUT2D eigenvalue weighted by Gasteiger charge is 2.14. The smallest absolute Gasteiger partial charge is 0.336 e. The first kappa shape index (κ1) is 12.8. The number of benzene rings is 1. The molecule has 2 heterocycles. The van der Waals surface area contributed by atoms with Gasteiger partial charge in [-0.15, -0.1) is 11.3 Å². The Morgan fingerprint density at radius 1 is 1.30 bits per heavy atom. The molecule has 2 aromatic heterocycles. The number of rotatable bonds is 3. The lowest BCUT2D eigenvalue weighted by Gasteiger charge is -2.09. The summed E-state index contributed by atoms with van der Waals surface area (Å²) in [5.74, 6) is -0.913. The summed E-state index contributed by atoms with van der Waals surface area (Å²) in [7, 11) is 0. The van der Waals surface area contributed by atoms with E-state index < -0.39 is 5.97 Å². The van der Waals surface area contributed by atoms with Gasteiger partial charge in [0.2, 0.25) is 0 Å². The average Bonchev–Trinajstić information content (AvgIpc) is 2.99. The van der Waals surface area contributed by atoms with E-state index in [9.17, 15) is 9.90 Å². The van der Waals surface area contributed by atoms with Crippen molar-refractivity contribution in [3.8, 4) is 10.6 Å². The van der Waals surface area contributed by atoms with Gasteiger partial charge in [0.05, 0.1) is 21.7 Å². The van der Waals surface area contributed by atoms with E-state index in [2.05, 4.69) is 11.9 Å². The van der Waals surface area contributed by atoms with Crippen molar-refractivity contribution >= 4 is 28.2 Å². The second-order valence-corrected chi connectivity index (χ2v) is 5.45. The quantitative estimate of drug-likeness (QED) is 0.782. The standard InChI is InChI=1S/C16H13NO2S/c1-2-10-5-3-6-11-12(16(18)19)9-13(17-15(10)11)14-7-4-8-20-14/h3-9H,2H2,1H3,(H,18,19). The van der Waals surface area contributed by atoms with E-state index in [1.54, 1.807) is 17.4 Å². The molecular formula is C16H13NO2S. The minimum atomic E-state index is -0.913. The lowest BCUT2D eigenvalue weighted by atomic mass is 10.0. The van der Waals surface area contributed by atoms with E-state index in [4.69, 9.17) is 0 Å². The highest BCUT2D eigenvalue weighted by molar-refractivity contribution is 7.13. The molecule has 0 fully saturated rings. The second-order valence-electron chi connectivity index (χ2n) is 4.50. The molecule has 1 aromatic carbocycles. The molecule has 0 bridgehead atoms. The number of hydrogen-bond acceptors (Lipinski definition) is 3. The first-order valence-electron chi connectivity index (χ1n) is 6.40. The summed E-state index contributed by atoms with van der Waals surface area (Å²) < 4.78 is 0. The fourth-order valence-electron chi connectivity index (χ4n) is 2.32. The van der Waals surface area contributed by atoms with Crippen LogP contribution in [0.15, 0.2) is 41.8 Å². The largest absolute Gasteiger partial charge is 0.478 e. The third-order valence-electron chi connectivity index (χ3n) is 3.31. The molecule has 3 nitrogen and oxygen atoms in total. The van der Waals surface area contributed by atoms with Crippen molar-refractivity contribution in [3.05, 3.63) is 52.9 Å². The maximum atomic E-state index is 11.5. The van der Waals surface area contributed by atoms with Crippen molar-refractivity contribution in [2.24, 2.45) is 0 Å². The Kier molecular flexibility index (Phi) is 3.24. The van der Waals surface area contributed by atoms with Gasteiger partial charge < -0.3 is 5.11 Å². The van der Waals surface area contributed by atoms with Gasteiger partial charge >= 0.3 is 5.97 Å². The maximum Gasteiger partial charge on any atom is 0.336 e. The number of hydrogen-bond donors (Lipinski definition) is 1. The molecule has 0 aliphatic carbocycles. The summed E-state index contributed by atoms with van der Waals surface area (Å²) in [4.78, 5) is 17.2. The van der Waals surface area contributed by atoms with E-state index in [-0.39, 0.29) is 0 Å². The van der Waals surface area contributed by atoms with Crippen LogP contribution < -0.4 is 0 Å². The molecule has 3 rings (SSSR count). The number of nitrogens with zero attached hydrogens (tertiary/aromatic N) is 1. The van der Waals surface area contributed by atoms with Crippen molar-refractivity contribution in [3.63, 3.8) is 0 Å². The fourth-order valence-corrected chi connectivity index (χ4v) is 3.01. The Balaban J connectivity index is 2.37. The first-order valence-corrected chi connectivity index (χ1v) is 7.28. The number of carbonyl (C=O) groups is 1. The number of aryl methyl sites for hydroxylation is 1. The molecule has 0 saturated heterocycles. The predicted octanol–water partition coefficient (Wildman–Crippen LogP) is 4.22. The molecule has 0 saturated carbocycles. The SMILES string of the molecule is CCc1cccc2c(C(=O)O)cc(-c3cccs3)nc12. The molecule has 4 heteroatoms. The van der Waals surface area contributed by atoms with Crippen molar-refractivity contribution in [1.82, 2.24) is 4.98 Å². The van der Waals surface area contributed by atoms with Gasteiger partial charge in [-0.2, -0.15) is 0 Å². The molecule has 0 unspecified atom stereocenters. The minimum Gasteiger partial charge on any atom is -0.478 e. The Morgan fingerprint density at radius 2 is 2.15 bits per heavy atom. The van der Waals surface area contributed by atoms with Crippen LogP contribution in [-0.4, -0.2) is 16.1 Å². The predicted molar refractivity (Wildman–Crippen MR) is 81.4 cm³/mol. The molecule has 3 aromatic rings. The van der Waals surface area contributed by atoms with Gasteiger partial charge in [-0.1, -0.05) is 31.2 Å². The molecule has 0 aliphatic heterocycles. The summed E-state index contributed by atoms with van der Waals surface area (Å²) in [6.07, 6.45) is 0.831. The average molecular weight is 283 g/mol. The minimum absolute atomic E-state index is 0.314. The number of aromatic carboxylic acids is 1. The lowest BCUT2D eigenvalue weighted by Crippen LogP contribution is -2.01. The van der Waals surface area contributed by atoms with E-state index >= 15 is 0 Å². The van der Waals surface area contributed by atoms with Crippen LogP contribution in [0.25, 0.3) is 21.5 Å². The van der Waals surface area contributed by atoms with Gasteiger partial charge in [0.1, 0.15) is 0 Å². The Bertz CT molecular complexity index is 779. The van der Waals surface area contributed by atoms with Crippen LogP contribution >= 0.6 is 11.3 Å². The number of carboxylic acids is 1. The molecule has 0 radical (unpaired) electrons. The van der Waals surface area contributed by atoms with Crippen LogP contribution in [-0.2, 0) is 6.42 Å². The van der Waals surface area contributed by atoms with Crippen molar-refractivity contribution in [2.75, 3.05) is 0 Å². The number of pyridine rings is 1. The first-order chi connectivity index (χ1) is 9.70. The van der Waals surface area contributed by atoms with Crippen molar-refractivity contribution in [2.45, 2.75) is 13.3 Å².